The van der Waals surface area contributed by atoms with Gasteiger partial charge in [0.2, 0.25) is 0 Å². The van der Waals surface area contributed by atoms with Crippen molar-refractivity contribution in [1.82, 2.24) is 20.1 Å². The van der Waals surface area contributed by atoms with Crippen LogP contribution in [0.1, 0.15) is 30.4 Å². The number of likely N-dealkylation sites (tertiary alicyclic amines) is 1. The molecule has 24 heavy (non-hydrogen) atoms. The monoisotopic (exact) mass is 329 g/mol. The van der Waals surface area contributed by atoms with Crippen LogP contribution >= 0.6 is 0 Å². The van der Waals surface area contributed by atoms with Crippen LogP contribution in [0, 0.1) is 18.7 Å². The van der Waals surface area contributed by atoms with Crippen LogP contribution in [0.4, 0.5) is 10.2 Å². The molecular formula is C18H24FN5. The maximum absolute atomic E-state index is 13.1. The second kappa shape index (κ2) is 7.21. The normalized spacial score (nSPS) is 21.7. The third-order valence-corrected chi connectivity index (χ3v) is 4.58. The van der Waals surface area contributed by atoms with Gasteiger partial charge in [-0.05, 0) is 50.6 Å². The molecule has 0 spiro atoms. The van der Waals surface area contributed by atoms with Crippen LogP contribution in [0.15, 0.2) is 24.3 Å². The minimum atomic E-state index is -0.231. The van der Waals surface area contributed by atoms with E-state index in [9.17, 15) is 4.39 Å². The molecule has 2 aromatic rings. The fourth-order valence-corrected chi connectivity index (χ4v) is 3.20. The molecule has 6 heteroatoms. The fourth-order valence-electron chi connectivity index (χ4n) is 3.20. The third kappa shape index (κ3) is 4.06. The molecule has 1 fully saturated rings. The molecule has 128 valence electrons. The Balaban J connectivity index is 1.79. The first-order valence-electron chi connectivity index (χ1n) is 8.41. The van der Waals surface area contributed by atoms with Crippen molar-refractivity contribution in [2.24, 2.45) is 5.92 Å². The second-order valence-corrected chi connectivity index (χ2v) is 6.74. The summed E-state index contributed by atoms with van der Waals surface area (Å²) in [4.78, 5) is 6.91. The van der Waals surface area contributed by atoms with Gasteiger partial charge >= 0.3 is 0 Å². The Morgan fingerprint density at radius 3 is 2.71 bits per heavy atom. The lowest BCUT2D eigenvalue weighted by Crippen LogP contribution is -2.43. The van der Waals surface area contributed by atoms with Crippen LogP contribution in [-0.4, -0.2) is 46.3 Å². The smallest absolute Gasteiger partial charge is 0.152 e. The Labute approximate surface area is 142 Å². The largest absolute Gasteiger partial charge is 0.365 e. The molecule has 1 saturated heterocycles. The minimum absolute atomic E-state index is 0.231. The number of nitrogens with zero attached hydrogens (tertiary/aromatic N) is 4. The molecule has 0 amide bonds. The van der Waals surface area contributed by atoms with Crippen molar-refractivity contribution in [2.45, 2.75) is 32.7 Å². The fraction of sp³-hybridized carbons (Fsp3) is 0.500. The first-order chi connectivity index (χ1) is 11.5. The molecule has 1 aromatic heterocycles. The Morgan fingerprint density at radius 2 is 2.00 bits per heavy atom. The van der Waals surface area contributed by atoms with Gasteiger partial charge in [-0.15, -0.1) is 10.2 Å². The van der Waals surface area contributed by atoms with Crippen molar-refractivity contribution in [3.8, 4) is 0 Å². The molecule has 0 radical (unpaired) electrons. The Morgan fingerprint density at radius 1 is 1.25 bits per heavy atom. The van der Waals surface area contributed by atoms with E-state index >= 15 is 0 Å². The topological polar surface area (TPSA) is 53.9 Å². The lowest BCUT2D eigenvalue weighted by molar-refractivity contribution is 0.206. The van der Waals surface area contributed by atoms with Crippen molar-refractivity contribution >= 4 is 5.82 Å². The summed E-state index contributed by atoms with van der Waals surface area (Å²) in [5.41, 5.74) is 1.80. The van der Waals surface area contributed by atoms with E-state index in [2.05, 4.69) is 39.4 Å². The molecule has 0 unspecified atom stereocenters. The van der Waals surface area contributed by atoms with Crippen LogP contribution in [0.3, 0.4) is 0 Å². The molecule has 1 N–H and O–H groups in total. The zero-order valence-electron chi connectivity index (χ0n) is 14.5. The van der Waals surface area contributed by atoms with Crippen molar-refractivity contribution in [2.75, 3.05) is 25.5 Å². The SMILES string of the molecule is Cc1nnc(Cc2ccc(F)cc2)c(N[C@@H]2CCN(C)C[C@H]2C)n1. The molecule has 2 atom stereocenters. The molecule has 1 aliphatic rings. The van der Waals surface area contributed by atoms with Gasteiger partial charge in [0.05, 0.1) is 0 Å². The summed E-state index contributed by atoms with van der Waals surface area (Å²) in [5.74, 6) is 1.76. The summed E-state index contributed by atoms with van der Waals surface area (Å²) < 4.78 is 13.1. The number of aryl methyl sites for hydroxylation is 1. The van der Waals surface area contributed by atoms with Gasteiger partial charge in [0.25, 0.3) is 0 Å². The molecule has 5 nitrogen and oxygen atoms in total. The standard InChI is InChI=1S/C18H24FN5/c1-12-11-24(3)9-8-16(12)21-18-17(23-22-13(2)20-18)10-14-4-6-15(19)7-5-14/h4-7,12,16H,8-11H2,1-3H3,(H,20,21,22)/t12-,16-/m1/s1. The summed E-state index contributed by atoms with van der Waals surface area (Å²) in [7, 11) is 2.16. The van der Waals surface area contributed by atoms with E-state index in [0.29, 0.717) is 24.2 Å². The van der Waals surface area contributed by atoms with Gasteiger partial charge in [-0.1, -0.05) is 19.1 Å². The third-order valence-electron chi connectivity index (χ3n) is 4.58. The summed E-state index contributed by atoms with van der Waals surface area (Å²) in [5, 5.41) is 12.0. The van der Waals surface area contributed by atoms with Crippen LogP contribution < -0.4 is 5.32 Å². The number of halogens is 1. The lowest BCUT2D eigenvalue weighted by atomic mass is 9.94. The highest BCUT2D eigenvalue weighted by molar-refractivity contribution is 5.43. The number of hydrogen-bond donors (Lipinski definition) is 1. The first kappa shape index (κ1) is 16.8. The van der Waals surface area contributed by atoms with Gasteiger partial charge in [0.1, 0.15) is 17.3 Å². The molecule has 1 aliphatic heterocycles. The highest BCUT2D eigenvalue weighted by Crippen LogP contribution is 2.22. The first-order valence-corrected chi connectivity index (χ1v) is 8.41. The van der Waals surface area contributed by atoms with Gasteiger partial charge < -0.3 is 10.2 Å². The summed E-state index contributed by atoms with van der Waals surface area (Å²) in [6.07, 6.45) is 1.67. The quantitative estimate of drug-likeness (QED) is 0.934. The van der Waals surface area contributed by atoms with Gasteiger partial charge in [0.15, 0.2) is 5.82 Å². The molecule has 0 bridgehead atoms. The molecule has 0 aliphatic carbocycles. The molecule has 3 rings (SSSR count). The van der Waals surface area contributed by atoms with Crippen LogP contribution in [0.25, 0.3) is 0 Å². The van der Waals surface area contributed by atoms with Crippen molar-refractivity contribution in [3.63, 3.8) is 0 Å². The van der Waals surface area contributed by atoms with E-state index < -0.39 is 0 Å². The van der Waals surface area contributed by atoms with Gasteiger partial charge in [0, 0.05) is 19.0 Å². The average Bonchev–Trinajstić information content (AvgIpc) is 2.54. The predicted octanol–water partition coefficient (Wildman–Crippen LogP) is 2.66. The number of hydrogen-bond acceptors (Lipinski definition) is 5. The zero-order valence-corrected chi connectivity index (χ0v) is 14.5. The number of nitrogens with one attached hydrogen (secondary N) is 1. The maximum Gasteiger partial charge on any atom is 0.152 e. The maximum atomic E-state index is 13.1. The van der Waals surface area contributed by atoms with Crippen molar-refractivity contribution in [1.29, 1.82) is 0 Å². The second-order valence-electron chi connectivity index (χ2n) is 6.74. The van der Waals surface area contributed by atoms with E-state index in [1.807, 2.05) is 6.92 Å². The number of anilines is 1. The molecule has 2 heterocycles. The Kier molecular flexibility index (Phi) is 5.04. The van der Waals surface area contributed by atoms with Crippen molar-refractivity contribution in [3.05, 3.63) is 47.2 Å². The van der Waals surface area contributed by atoms with Gasteiger partial charge in [-0.3, -0.25) is 0 Å². The predicted molar refractivity (Wildman–Crippen MR) is 92.5 cm³/mol. The van der Waals surface area contributed by atoms with Gasteiger partial charge in [-0.2, -0.15) is 0 Å². The highest BCUT2D eigenvalue weighted by Gasteiger charge is 2.25. The number of aromatic nitrogens is 3. The summed E-state index contributed by atoms with van der Waals surface area (Å²) >= 11 is 0. The zero-order chi connectivity index (χ0) is 17.1. The van der Waals surface area contributed by atoms with E-state index in [1.165, 1.54) is 12.1 Å². The van der Waals surface area contributed by atoms with Crippen LogP contribution in [0.2, 0.25) is 0 Å². The number of benzene rings is 1. The van der Waals surface area contributed by atoms with Gasteiger partial charge in [-0.25, -0.2) is 9.37 Å². The van der Waals surface area contributed by atoms with E-state index in [0.717, 1.165) is 36.6 Å². The van der Waals surface area contributed by atoms with E-state index in [4.69, 9.17) is 0 Å². The molecular weight excluding hydrogens is 305 g/mol. The Bertz CT molecular complexity index is 688. The van der Waals surface area contributed by atoms with Crippen molar-refractivity contribution < 1.29 is 4.39 Å². The van der Waals surface area contributed by atoms with Crippen LogP contribution in [0.5, 0.6) is 0 Å². The van der Waals surface area contributed by atoms with Crippen LogP contribution in [-0.2, 0) is 6.42 Å². The summed E-state index contributed by atoms with van der Waals surface area (Å²) in [6.45, 7) is 6.25. The lowest BCUT2D eigenvalue weighted by Gasteiger charge is -2.35. The van der Waals surface area contributed by atoms with E-state index in [-0.39, 0.29) is 5.82 Å². The van der Waals surface area contributed by atoms with E-state index in [1.54, 1.807) is 12.1 Å². The average molecular weight is 329 g/mol. The number of piperidine rings is 1. The minimum Gasteiger partial charge on any atom is -0.365 e. The Hall–Kier alpha value is -2.08. The molecule has 0 saturated carbocycles. The number of rotatable bonds is 4. The summed E-state index contributed by atoms with van der Waals surface area (Å²) in [6, 6.07) is 6.87. The highest BCUT2D eigenvalue weighted by atomic mass is 19.1. The molecule has 1 aromatic carbocycles.